The zero-order valence-corrected chi connectivity index (χ0v) is 12.8. The fourth-order valence-electron chi connectivity index (χ4n) is 2.36. The smallest absolute Gasteiger partial charge is 0.306 e. The highest BCUT2D eigenvalue weighted by molar-refractivity contribution is 5.80. The summed E-state index contributed by atoms with van der Waals surface area (Å²) in [6, 6.07) is 6.99. The molecule has 2 rings (SSSR count). The molecule has 1 amide bonds. The minimum absolute atomic E-state index is 0.0340. The van der Waals surface area contributed by atoms with Gasteiger partial charge in [-0.25, -0.2) is 4.39 Å². The molecule has 0 aliphatic carbocycles. The number of carboxylic acid groups (broad SMARTS) is 1. The van der Waals surface area contributed by atoms with Gasteiger partial charge in [0.15, 0.2) is 0 Å². The van der Waals surface area contributed by atoms with E-state index in [9.17, 15) is 14.0 Å². The van der Waals surface area contributed by atoms with Gasteiger partial charge < -0.3 is 14.9 Å². The molecule has 1 aromatic heterocycles. The number of aliphatic carboxylic acids is 1. The van der Waals surface area contributed by atoms with Crippen molar-refractivity contribution in [1.29, 1.82) is 0 Å². The number of aryl methyl sites for hydroxylation is 1. The summed E-state index contributed by atoms with van der Waals surface area (Å²) >= 11 is 0. The van der Waals surface area contributed by atoms with E-state index >= 15 is 0 Å². The third-order valence-electron chi connectivity index (χ3n) is 3.42. The highest BCUT2D eigenvalue weighted by Crippen LogP contribution is 2.25. The van der Waals surface area contributed by atoms with Gasteiger partial charge in [0.1, 0.15) is 11.6 Å². The average molecular weight is 320 g/mol. The molecule has 0 radical (unpaired) electrons. The molecule has 0 aliphatic heterocycles. The first-order valence-electron chi connectivity index (χ1n) is 6.99. The van der Waals surface area contributed by atoms with Crippen molar-refractivity contribution < 1.29 is 23.6 Å². The van der Waals surface area contributed by atoms with E-state index in [1.165, 1.54) is 24.3 Å². The van der Waals surface area contributed by atoms with Crippen LogP contribution in [0.2, 0.25) is 0 Å². The molecule has 0 bridgehead atoms. The third kappa shape index (κ3) is 4.38. The van der Waals surface area contributed by atoms with Gasteiger partial charge in [-0.2, -0.15) is 0 Å². The maximum atomic E-state index is 13.1. The van der Waals surface area contributed by atoms with Crippen molar-refractivity contribution in [1.82, 2.24) is 10.5 Å². The first-order chi connectivity index (χ1) is 10.8. The zero-order chi connectivity index (χ0) is 17.0. The number of carboxylic acids is 1. The number of nitrogens with zero attached hydrogens (tertiary/aromatic N) is 1. The minimum Gasteiger partial charge on any atom is -0.481 e. The van der Waals surface area contributed by atoms with E-state index < -0.39 is 23.2 Å². The Morgan fingerprint density at radius 2 is 2.00 bits per heavy atom. The van der Waals surface area contributed by atoms with E-state index in [1.807, 2.05) is 0 Å². The lowest BCUT2D eigenvalue weighted by Crippen LogP contribution is -2.45. The molecule has 6 nitrogen and oxygen atoms in total. The number of aromatic nitrogens is 1. The normalized spacial score (nSPS) is 13.3. The largest absolute Gasteiger partial charge is 0.481 e. The van der Waals surface area contributed by atoms with Crippen LogP contribution in [0.3, 0.4) is 0 Å². The molecule has 0 fully saturated rings. The number of carbonyl (C=O) groups is 2. The summed E-state index contributed by atoms with van der Waals surface area (Å²) in [5, 5.41) is 15.5. The van der Waals surface area contributed by atoms with Gasteiger partial charge in [-0.3, -0.25) is 9.59 Å². The van der Waals surface area contributed by atoms with Gasteiger partial charge in [0.2, 0.25) is 5.91 Å². The number of rotatable bonds is 6. The third-order valence-corrected chi connectivity index (χ3v) is 3.42. The van der Waals surface area contributed by atoms with Crippen molar-refractivity contribution in [2.45, 2.75) is 32.2 Å². The molecule has 0 saturated heterocycles. The van der Waals surface area contributed by atoms with Crippen LogP contribution in [-0.2, 0) is 21.5 Å². The van der Waals surface area contributed by atoms with Crippen LogP contribution in [0.4, 0.5) is 4.39 Å². The maximum Gasteiger partial charge on any atom is 0.306 e. The summed E-state index contributed by atoms with van der Waals surface area (Å²) in [5.74, 6) is -1.32. The molecular weight excluding hydrogens is 303 g/mol. The summed E-state index contributed by atoms with van der Waals surface area (Å²) in [5.41, 5.74) is -0.196. The molecule has 2 aromatic rings. The molecule has 0 aliphatic rings. The van der Waals surface area contributed by atoms with Gasteiger partial charge in [0.05, 0.1) is 24.1 Å². The van der Waals surface area contributed by atoms with Crippen LogP contribution in [0.25, 0.3) is 0 Å². The minimum atomic E-state index is -1.16. The molecule has 23 heavy (non-hydrogen) atoms. The molecule has 0 unspecified atom stereocenters. The Labute approximate surface area is 132 Å². The van der Waals surface area contributed by atoms with Crippen LogP contribution in [0.15, 0.2) is 34.9 Å². The second kappa shape index (κ2) is 6.60. The molecule has 122 valence electrons. The van der Waals surface area contributed by atoms with Crippen molar-refractivity contribution in [2.75, 3.05) is 0 Å². The Kier molecular flexibility index (Phi) is 4.78. The maximum absolute atomic E-state index is 13.1. The van der Waals surface area contributed by atoms with E-state index in [-0.39, 0.29) is 12.8 Å². The van der Waals surface area contributed by atoms with Gasteiger partial charge >= 0.3 is 5.97 Å². The summed E-state index contributed by atoms with van der Waals surface area (Å²) in [4.78, 5) is 23.3. The monoisotopic (exact) mass is 320 g/mol. The van der Waals surface area contributed by atoms with E-state index in [2.05, 4.69) is 10.5 Å². The molecule has 1 atom stereocenters. The van der Waals surface area contributed by atoms with Crippen LogP contribution < -0.4 is 5.32 Å². The molecule has 7 heteroatoms. The second-order valence-electron chi connectivity index (χ2n) is 5.56. The first kappa shape index (κ1) is 16.7. The van der Waals surface area contributed by atoms with Gasteiger partial charge in [0, 0.05) is 6.07 Å². The topological polar surface area (TPSA) is 92.4 Å². The van der Waals surface area contributed by atoms with Crippen LogP contribution in [0.5, 0.6) is 0 Å². The predicted molar refractivity (Wildman–Crippen MR) is 79.1 cm³/mol. The summed E-state index contributed by atoms with van der Waals surface area (Å²) < 4.78 is 18.0. The number of amides is 1. The summed E-state index contributed by atoms with van der Waals surface area (Å²) in [7, 11) is 0. The zero-order valence-electron chi connectivity index (χ0n) is 12.8. The number of hydrogen-bond donors (Lipinski definition) is 2. The lowest BCUT2D eigenvalue weighted by atomic mass is 9.88. The Morgan fingerprint density at radius 1 is 1.35 bits per heavy atom. The van der Waals surface area contributed by atoms with E-state index in [1.54, 1.807) is 19.9 Å². The number of hydrogen-bond acceptors (Lipinski definition) is 4. The Hall–Kier alpha value is -2.70. The van der Waals surface area contributed by atoms with Crippen molar-refractivity contribution in [3.8, 4) is 0 Å². The average Bonchev–Trinajstić information content (AvgIpc) is 2.83. The quantitative estimate of drug-likeness (QED) is 0.851. The SMILES string of the molecule is Cc1cc(CC(=O)N[C@@](C)(CC(=O)O)c2ccc(F)cc2)no1. The van der Waals surface area contributed by atoms with Gasteiger partial charge in [-0.15, -0.1) is 0 Å². The molecule has 0 saturated carbocycles. The highest BCUT2D eigenvalue weighted by atomic mass is 19.1. The van der Waals surface area contributed by atoms with Crippen LogP contribution in [0, 0.1) is 12.7 Å². The molecule has 1 heterocycles. The molecule has 2 N–H and O–H groups in total. The van der Waals surface area contributed by atoms with Gasteiger partial charge in [-0.1, -0.05) is 17.3 Å². The second-order valence-corrected chi connectivity index (χ2v) is 5.56. The molecular formula is C16H17FN2O4. The number of carbonyl (C=O) groups excluding carboxylic acids is 1. The Balaban J connectivity index is 2.18. The highest BCUT2D eigenvalue weighted by Gasteiger charge is 2.31. The molecule has 0 spiro atoms. The van der Waals surface area contributed by atoms with Crippen LogP contribution in [-0.4, -0.2) is 22.1 Å². The summed E-state index contributed by atoms with van der Waals surface area (Å²) in [6.45, 7) is 3.29. The molecule has 1 aromatic carbocycles. The van der Waals surface area contributed by atoms with Crippen molar-refractivity contribution in [3.05, 3.63) is 53.2 Å². The Morgan fingerprint density at radius 3 is 2.52 bits per heavy atom. The first-order valence-corrected chi connectivity index (χ1v) is 6.99. The fraction of sp³-hybridized carbons (Fsp3) is 0.312. The van der Waals surface area contributed by atoms with E-state index in [0.717, 1.165) is 0 Å². The van der Waals surface area contributed by atoms with Crippen molar-refractivity contribution in [2.24, 2.45) is 0 Å². The standard InChI is InChI=1S/C16H17FN2O4/c1-10-7-13(19-23-10)8-14(20)18-16(2,9-15(21)22)11-3-5-12(17)6-4-11/h3-7H,8-9H2,1-2H3,(H,18,20)(H,21,22)/t16-/m0/s1. The van der Waals surface area contributed by atoms with Gasteiger partial charge in [0.25, 0.3) is 0 Å². The van der Waals surface area contributed by atoms with Gasteiger partial charge in [-0.05, 0) is 31.5 Å². The lowest BCUT2D eigenvalue weighted by molar-refractivity contribution is -0.139. The van der Waals surface area contributed by atoms with E-state index in [4.69, 9.17) is 9.63 Å². The Bertz CT molecular complexity index is 711. The fourth-order valence-corrected chi connectivity index (χ4v) is 2.36. The van der Waals surface area contributed by atoms with Crippen molar-refractivity contribution in [3.63, 3.8) is 0 Å². The number of halogens is 1. The predicted octanol–water partition coefficient (Wildman–Crippen LogP) is 2.17. The van der Waals surface area contributed by atoms with Crippen LogP contribution in [0.1, 0.15) is 30.4 Å². The lowest BCUT2D eigenvalue weighted by Gasteiger charge is -2.30. The number of benzene rings is 1. The van der Waals surface area contributed by atoms with E-state index in [0.29, 0.717) is 17.0 Å². The van der Waals surface area contributed by atoms with Crippen LogP contribution >= 0.6 is 0 Å². The summed E-state index contributed by atoms with van der Waals surface area (Å²) in [6.07, 6.45) is -0.365. The number of nitrogens with one attached hydrogen (secondary N) is 1. The van der Waals surface area contributed by atoms with Crippen molar-refractivity contribution >= 4 is 11.9 Å².